The molecule has 1 amide bonds. The van der Waals surface area contributed by atoms with Crippen LogP contribution >= 0.6 is 11.6 Å². The minimum atomic E-state index is -1.22. The minimum Gasteiger partial charge on any atom is -0.476 e. The predicted molar refractivity (Wildman–Crippen MR) is 137 cm³/mol. The summed E-state index contributed by atoms with van der Waals surface area (Å²) in [5.74, 6) is 2.24. The first-order valence-electron chi connectivity index (χ1n) is 11.2. The Morgan fingerprint density at radius 3 is 2.82 bits per heavy atom. The molecule has 12 nitrogen and oxygen atoms in total. The number of nitriles is 1. The second-order valence-electron chi connectivity index (χ2n) is 7.83. The first kappa shape index (κ1) is 26.9. The average molecular weight is 554 g/mol. The number of fused-ring (bicyclic) bond motifs is 1. The molecule has 0 aliphatic rings. The van der Waals surface area contributed by atoms with Gasteiger partial charge in [-0.3, -0.25) is 20.4 Å². The summed E-state index contributed by atoms with van der Waals surface area (Å²) < 4.78 is 35.8. The van der Waals surface area contributed by atoms with E-state index in [9.17, 15) is 13.6 Å². The van der Waals surface area contributed by atoms with E-state index >= 15 is 0 Å². The lowest BCUT2D eigenvalue weighted by atomic mass is 10.1. The van der Waals surface area contributed by atoms with Crippen molar-refractivity contribution in [3.8, 4) is 23.1 Å². The van der Waals surface area contributed by atoms with Gasteiger partial charge in [-0.2, -0.15) is 9.65 Å². The number of ether oxygens (including phenoxy) is 1. The number of carbonyl (C=O) groups excluding carboxylic acids is 1. The highest BCUT2D eigenvalue weighted by atomic mass is 35.5. The third-order valence-electron chi connectivity index (χ3n) is 5.37. The molecule has 2 aromatic carbocycles. The van der Waals surface area contributed by atoms with E-state index in [4.69, 9.17) is 32.9 Å². The zero-order chi connectivity index (χ0) is 27.9. The van der Waals surface area contributed by atoms with Gasteiger partial charge >= 0.3 is 5.84 Å². The lowest BCUT2D eigenvalue weighted by molar-refractivity contribution is -0.118. The van der Waals surface area contributed by atoms with Gasteiger partial charge < -0.3 is 15.4 Å². The maximum absolute atomic E-state index is 14.8. The normalized spacial score (nSPS) is 10.9. The van der Waals surface area contributed by atoms with Crippen LogP contribution in [0.1, 0.15) is 16.8 Å². The summed E-state index contributed by atoms with van der Waals surface area (Å²) in [6.45, 7) is -0.216. The van der Waals surface area contributed by atoms with Crippen molar-refractivity contribution in [2.24, 2.45) is 16.2 Å². The maximum Gasteiger partial charge on any atom is 0.321 e. The van der Waals surface area contributed by atoms with E-state index in [-0.39, 0.29) is 46.4 Å². The van der Waals surface area contributed by atoms with Gasteiger partial charge in [0.25, 0.3) is 5.91 Å². The molecule has 4 rings (SSSR count). The molecule has 0 atom stereocenters. The molecule has 0 saturated carbocycles. The molecule has 0 unspecified atom stereocenters. The van der Waals surface area contributed by atoms with Gasteiger partial charge in [0.15, 0.2) is 29.6 Å². The number of halogens is 3. The number of nitrogens with one attached hydrogen (secondary N) is 2. The van der Waals surface area contributed by atoms with Gasteiger partial charge in [0, 0.05) is 35.4 Å². The molecule has 0 bridgehead atoms. The van der Waals surface area contributed by atoms with Gasteiger partial charge in [-0.1, -0.05) is 11.6 Å². The average Bonchev–Trinajstić information content (AvgIpc) is 3.35. The van der Waals surface area contributed by atoms with Crippen LogP contribution in [0.3, 0.4) is 0 Å². The summed E-state index contributed by atoms with van der Waals surface area (Å²) in [5.41, 5.74) is 1.24. The van der Waals surface area contributed by atoms with Crippen LogP contribution in [-0.2, 0) is 0 Å². The zero-order valence-electron chi connectivity index (χ0n) is 20.0. The van der Waals surface area contributed by atoms with E-state index in [2.05, 4.69) is 30.9 Å². The van der Waals surface area contributed by atoms with Crippen molar-refractivity contribution in [3.63, 3.8) is 0 Å². The molecular formula is C24H20ClF2N10O2+. The quantitative estimate of drug-likeness (QED) is 0.0807. The number of amides is 1. The number of imidazole rings is 1. The van der Waals surface area contributed by atoms with E-state index in [1.54, 1.807) is 18.3 Å². The number of nitrogens with zero attached hydrogens (tertiary/aromatic N) is 6. The highest BCUT2D eigenvalue weighted by Gasteiger charge is 2.20. The van der Waals surface area contributed by atoms with Gasteiger partial charge in [0.05, 0.1) is 34.0 Å². The zero-order valence-corrected chi connectivity index (χ0v) is 20.8. The molecule has 39 heavy (non-hydrogen) atoms. The molecule has 0 saturated heterocycles. The second kappa shape index (κ2) is 11.9. The van der Waals surface area contributed by atoms with Crippen LogP contribution < -0.4 is 26.6 Å². The third-order valence-corrected chi connectivity index (χ3v) is 5.69. The largest absolute Gasteiger partial charge is 0.476 e. The van der Waals surface area contributed by atoms with Crippen LogP contribution in [0, 0.1) is 23.0 Å². The van der Waals surface area contributed by atoms with Crippen molar-refractivity contribution in [3.05, 3.63) is 71.1 Å². The molecule has 2 heterocycles. The smallest absolute Gasteiger partial charge is 0.321 e. The summed E-state index contributed by atoms with van der Waals surface area (Å²) in [7, 11) is 0. The number of rotatable bonds is 9. The van der Waals surface area contributed by atoms with Gasteiger partial charge in [-0.05, 0) is 30.3 Å². The van der Waals surface area contributed by atoms with E-state index in [1.165, 1.54) is 41.1 Å². The van der Waals surface area contributed by atoms with Crippen LogP contribution in [0.2, 0.25) is 5.02 Å². The molecule has 15 heteroatoms. The Bertz CT molecular complexity index is 1630. The number of amidine groups is 1. The monoisotopic (exact) mass is 553 g/mol. The fourth-order valence-corrected chi connectivity index (χ4v) is 3.86. The second-order valence-corrected chi connectivity index (χ2v) is 8.24. The SMILES string of the molecule is N#CCOc1ccc(-c2cnc3c(Nc4ccc(C(=O)NCCC(=[NH2+])N=NN)c(Cl)c4)nccn23)c(F)c1F. The van der Waals surface area contributed by atoms with Crippen molar-refractivity contribution < 1.29 is 23.7 Å². The van der Waals surface area contributed by atoms with Gasteiger partial charge in [-0.15, -0.1) is 0 Å². The van der Waals surface area contributed by atoms with Crippen LogP contribution in [0.4, 0.5) is 20.3 Å². The van der Waals surface area contributed by atoms with Gasteiger partial charge in [0.2, 0.25) is 5.82 Å². The molecule has 0 aliphatic heterocycles. The Kier molecular flexibility index (Phi) is 8.22. The Balaban J connectivity index is 1.54. The topological polar surface area (TPSA) is 181 Å². The fraction of sp³-hybridized carbons (Fsp3) is 0.125. The molecule has 4 aromatic rings. The fourth-order valence-electron chi connectivity index (χ4n) is 3.59. The lowest BCUT2D eigenvalue weighted by Crippen LogP contribution is -2.40. The summed E-state index contributed by atoms with van der Waals surface area (Å²) in [6.07, 6.45) is 4.62. The predicted octanol–water partition coefficient (Wildman–Crippen LogP) is 2.58. The van der Waals surface area contributed by atoms with E-state index in [0.29, 0.717) is 17.2 Å². The van der Waals surface area contributed by atoms with Crippen molar-refractivity contribution in [2.45, 2.75) is 6.42 Å². The van der Waals surface area contributed by atoms with Crippen LogP contribution in [-0.4, -0.2) is 39.3 Å². The van der Waals surface area contributed by atoms with Crippen LogP contribution in [0.15, 0.2) is 59.3 Å². The Morgan fingerprint density at radius 1 is 1.26 bits per heavy atom. The van der Waals surface area contributed by atoms with E-state index < -0.39 is 24.1 Å². The number of aromatic nitrogens is 3. The number of hydrogen-bond acceptors (Lipinski definition) is 7. The van der Waals surface area contributed by atoms with Gasteiger partial charge in [-0.25, -0.2) is 14.4 Å². The Labute approximate surface area is 224 Å². The molecule has 2 aromatic heterocycles. The summed E-state index contributed by atoms with van der Waals surface area (Å²) >= 11 is 6.33. The lowest BCUT2D eigenvalue weighted by Gasteiger charge is -2.11. The van der Waals surface area contributed by atoms with E-state index in [1.807, 2.05) is 0 Å². The van der Waals surface area contributed by atoms with Crippen molar-refractivity contribution in [1.29, 1.82) is 5.26 Å². The number of carbonyl (C=O) groups is 1. The number of anilines is 2. The molecule has 0 spiro atoms. The minimum absolute atomic E-state index is 0.0645. The number of nitrogens with two attached hydrogens (primary N) is 2. The number of benzene rings is 2. The maximum atomic E-state index is 14.8. The van der Waals surface area contributed by atoms with Crippen molar-refractivity contribution in [2.75, 3.05) is 18.5 Å². The third kappa shape index (κ3) is 5.89. The molecule has 0 fully saturated rings. The standard InChI is InChI=1S/C24H19ClF2N10O2/c25-16-11-13(1-2-14(16)24(38)32-7-5-19(29)35-36-30)34-22-23-33-12-17(37(23)9-8-31-22)15-3-4-18(39-10-6-28)21(27)20(15)26/h1-4,8-9,11-12H,5,7,10H2,(H,31,34)(H,32,38)(H3,29,30,35)/p+1. The summed E-state index contributed by atoms with van der Waals surface area (Å²) in [6, 6.07) is 8.95. The molecule has 6 N–H and O–H groups in total. The van der Waals surface area contributed by atoms with E-state index in [0.717, 1.165) is 0 Å². The van der Waals surface area contributed by atoms with Crippen molar-refractivity contribution in [1.82, 2.24) is 19.7 Å². The molecule has 198 valence electrons. The number of hydrogen-bond donors (Lipinski definition) is 4. The molecule has 0 radical (unpaired) electrons. The summed E-state index contributed by atoms with van der Waals surface area (Å²) in [5, 5.41) is 26.6. The summed E-state index contributed by atoms with van der Waals surface area (Å²) in [4.78, 5) is 21.0. The first-order chi connectivity index (χ1) is 18.8. The highest BCUT2D eigenvalue weighted by Crippen LogP contribution is 2.32. The van der Waals surface area contributed by atoms with Gasteiger partial charge in [0.1, 0.15) is 6.07 Å². The first-order valence-corrected chi connectivity index (χ1v) is 11.6. The van der Waals surface area contributed by atoms with Crippen LogP contribution in [0.25, 0.3) is 16.9 Å². The Hall–Kier alpha value is -5.16. The molecule has 0 aliphatic carbocycles. The van der Waals surface area contributed by atoms with Crippen molar-refractivity contribution >= 4 is 40.5 Å². The molecular weight excluding hydrogens is 534 g/mol. The Morgan fingerprint density at radius 2 is 2.08 bits per heavy atom. The van der Waals surface area contributed by atoms with Crippen LogP contribution in [0.5, 0.6) is 5.75 Å². The highest BCUT2D eigenvalue weighted by molar-refractivity contribution is 6.34.